The van der Waals surface area contributed by atoms with Crippen molar-refractivity contribution in [3.05, 3.63) is 6.67 Å². The lowest BCUT2D eigenvalue weighted by Gasteiger charge is -2.28. The first-order valence-corrected chi connectivity index (χ1v) is 3.79. The highest BCUT2D eigenvalue weighted by molar-refractivity contribution is 4.87. The zero-order chi connectivity index (χ0) is 6.10. The van der Waals surface area contributed by atoms with Crippen LogP contribution in [-0.4, -0.2) is 24.0 Å². The SMILES string of the molecule is [CH]1NCCC2CCCN12. The maximum Gasteiger partial charge on any atom is 0.0896 e. The van der Waals surface area contributed by atoms with Gasteiger partial charge in [0.1, 0.15) is 0 Å². The summed E-state index contributed by atoms with van der Waals surface area (Å²) < 4.78 is 0. The van der Waals surface area contributed by atoms with Crippen molar-refractivity contribution in [2.45, 2.75) is 25.3 Å². The van der Waals surface area contributed by atoms with Gasteiger partial charge in [-0.05, 0) is 25.8 Å². The summed E-state index contributed by atoms with van der Waals surface area (Å²) in [5.41, 5.74) is 0. The Hall–Kier alpha value is -0.0800. The quantitative estimate of drug-likeness (QED) is 0.509. The van der Waals surface area contributed by atoms with E-state index in [1.807, 2.05) is 0 Å². The lowest BCUT2D eigenvalue weighted by atomic mass is 10.1. The van der Waals surface area contributed by atoms with Crippen LogP contribution in [0.15, 0.2) is 0 Å². The van der Waals surface area contributed by atoms with Gasteiger partial charge in [0.2, 0.25) is 0 Å². The molecule has 2 saturated heterocycles. The molecule has 2 heteroatoms. The Labute approximate surface area is 56.2 Å². The van der Waals surface area contributed by atoms with E-state index in [4.69, 9.17) is 0 Å². The van der Waals surface area contributed by atoms with Crippen molar-refractivity contribution in [3.63, 3.8) is 0 Å². The fourth-order valence-electron chi connectivity index (χ4n) is 1.77. The molecule has 0 aromatic rings. The Morgan fingerprint density at radius 3 is 3.33 bits per heavy atom. The third kappa shape index (κ3) is 0.970. The molecule has 0 aliphatic carbocycles. The molecule has 1 atom stereocenters. The lowest BCUT2D eigenvalue weighted by Crippen LogP contribution is -2.40. The zero-order valence-corrected chi connectivity index (χ0v) is 5.64. The predicted molar refractivity (Wildman–Crippen MR) is 36.6 cm³/mol. The van der Waals surface area contributed by atoms with Crippen LogP contribution in [0.25, 0.3) is 0 Å². The average Bonchev–Trinajstić information content (AvgIpc) is 2.33. The van der Waals surface area contributed by atoms with E-state index in [2.05, 4.69) is 16.9 Å². The van der Waals surface area contributed by atoms with E-state index in [1.54, 1.807) is 0 Å². The maximum atomic E-state index is 3.26. The van der Waals surface area contributed by atoms with Crippen LogP contribution in [-0.2, 0) is 0 Å². The minimum Gasteiger partial charge on any atom is -0.299 e. The number of hydrogen-bond acceptors (Lipinski definition) is 2. The molecule has 2 nitrogen and oxygen atoms in total. The number of hydrogen-bond donors (Lipinski definition) is 1. The molecule has 2 rings (SSSR count). The van der Waals surface area contributed by atoms with Crippen LogP contribution in [0.1, 0.15) is 19.3 Å². The van der Waals surface area contributed by atoms with E-state index in [-0.39, 0.29) is 0 Å². The molecule has 2 aliphatic heterocycles. The van der Waals surface area contributed by atoms with Crippen molar-refractivity contribution in [1.82, 2.24) is 10.2 Å². The first kappa shape index (κ1) is 5.69. The Morgan fingerprint density at radius 1 is 1.44 bits per heavy atom. The largest absolute Gasteiger partial charge is 0.299 e. The predicted octanol–water partition coefficient (Wildman–Crippen LogP) is 0.563. The Bertz CT molecular complexity index is 91.1. The van der Waals surface area contributed by atoms with E-state index in [1.165, 1.54) is 32.4 Å². The molecule has 0 bridgehead atoms. The van der Waals surface area contributed by atoms with Crippen molar-refractivity contribution >= 4 is 0 Å². The number of rotatable bonds is 0. The normalized spacial score (nSPS) is 36.7. The molecule has 1 unspecified atom stereocenters. The van der Waals surface area contributed by atoms with E-state index in [0.29, 0.717) is 0 Å². The molecule has 2 aliphatic rings. The van der Waals surface area contributed by atoms with Gasteiger partial charge in [0.15, 0.2) is 0 Å². The van der Waals surface area contributed by atoms with Crippen LogP contribution in [0, 0.1) is 6.67 Å². The Morgan fingerprint density at radius 2 is 2.44 bits per heavy atom. The minimum atomic E-state index is 0.881. The molecule has 2 heterocycles. The molecular weight excluding hydrogens is 112 g/mol. The zero-order valence-electron chi connectivity index (χ0n) is 5.64. The second-order valence-electron chi connectivity index (χ2n) is 2.91. The van der Waals surface area contributed by atoms with E-state index in [9.17, 15) is 0 Å². The second kappa shape index (κ2) is 2.27. The van der Waals surface area contributed by atoms with Gasteiger partial charge in [0.25, 0.3) is 0 Å². The van der Waals surface area contributed by atoms with Crippen LogP contribution in [0.3, 0.4) is 0 Å². The summed E-state index contributed by atoms with van der Waals surface area (Å²) in [6.07, 6.45) is 4.15. The summed E-state index contributed by atoms with van der Waals surface area (Å²) in [7, 11) is 0. The van der Waals surface area contributed by atoms with E-state index < -0.39 is 0 Å². The van der Waals surface area contributed by atoms with Gasteiger partial charge in [0.05, 0.1) is 6.67 Å². The van der Waals surface area contributed by atoms with Gasteiger partial charge in [-0.3, -0.25) is 10.2 Å². The summed E-state index contributed by atoms with van der Waals surface area (Å²) in [6, 6.07) is 0.881. The Kier molecular flexibility index (Phi) is 1.44. The third-order valence-corrected chi connectivity index (χ3v) is 2.30. The maximum absolute atomic E-state index is 3.26. The molecular formula is C7H13N2. The number of nitrogens with one attached hydrogen (secondary N) is 1. The molecule has 0 aromatic heterocycles. The standard InChI is InChI=1S/C7H13N2/c1-2-7-3-4-8-6-9(7)5-1/h6-8H,1-5H2. The first-order valence-electron chi connectivity index (χ1n) is 3.79. The highest BCUT2D eigenvalue weighted by atomic mass is 15.3. The molecule has 9 heavy (non-hydrogen) atoms. The average molecular weight is 125 g/mol. The van der Waals surface area contributed by atoms with Gasteiger partial charge < -0.3 is 0 Å². The highest BCUT2D eigenvalue weighted by Crippen LogP contribution is 2.22. The first-order chi connectivity index (χ1) is 4.47. The topological polar surface area (TPSA) is 15.3 Å². The fourth-order valence-corrected chi connectivity index (χ4v) is 1.77. The van der Waals surface area contributed by atoms with Crippen LogP contribution in [0.5, 0.6) is 0 Å². The van der Waals surface area contributed by atoms with Gasteiger partial charge in [-0.1, -0.05) is 0 Å². The molecule has 51 valence electrons. The van der Waals surface area contributed by atoms with Gasteiger partial charge in [0, 0.05) is 12.6 Å². The number of fused-ring (bicyclic) bond motifs is 1. The molecule has 0 spiro atoms. The Balaban J connectivity index is 1.97. The molecule has 2 fully saturated rings. The van der Waals surface area contributed by atoms with Gasteiger partial charge in [-0.25, -0.2) is 0 Å². The summed E-state index contributed by atoms with van der Waals surface area (Å²) in [5, 5.41) is 3.26. The summed E-state index contributed by atoms with van der Waals surface area (Å²) in [5.74, 6) is 0. The molecule has 0 amide bonds. The smallest absolute Gasteiger partial charge is 0.0896 e. The van der Waals surface area contributed by atoms with Crippen molar-refractivity contribution in [3.8, 4) is 0 Å². The van der Waals surface area contributed by atoms with E-state index in [0.717, 1.165) is 6.04 Å². The summed E-state index contributed by atoms with van der Waals surface area (Å²) in [6.45, 7) is 4.61. The monoisotopic (exact) mass is 125 g/mol. The fraction of sp³-hybridized carbons (Fsp3) is 0.857. The lowest BCUT2D eigenvalue weighted by molar-refractivity contribution is 0.239. The van der Waals surface area contributed by atoms with E-state index >= 15 is 0 Å². The molecule has 0 saturated carbocycles. The van der Waals surface area contributed by atoms with Crippen molar-refractivity contribution in [2.75, 3.05) is 13.1 Å². The second-order valence-corrected chi connectivity index (χ2v) is 2.91. The highest BCUT2D eigenvalue weighted by Gasteiger charge is 2.26. The molecule has 1 radical (unpaired) electrons. The minimum absolute atomic E-state index is 0.881. The van der Waals surface area contributed by atoms with Crippen molar-refractivity contribution < 1.29 is 0 Å². The van der Waals surface area contributed by atoms with Crippen LogP contribution in [0.4, 0.5) is 0 Å². The van der Waals surface area contributed by atoms with Gasteiger partial charge in [-0.2, -0.15) is 0 Å². The molecule has 1 N–H and O–H groups in total. The summed E-state index contributed by atoms with van der Waals surface area (Å²) >= 11 is 0. The number of nitrogens with zero attached hydrogens (tertiary/aromatic N) is 1. The molecule has 0 aromatic carbocycles. The summed E-state index contributed by atoms with van der Waals surface area (Å²) in [4.78, 5) is 2.43. The van der Waals surface area contributed by atoms with Crippen molar-refractivity contribution in [1.29, 1.82) is 0 Å². The van der Waals surface area contributed by atoms with Crippen LogP contribution >= 0.6 is 0 Å². The van der Waals surface area contributed by atoms with Gasteiger partial charge in [-0.15, -0.1) is 0 Å². The van der Waals surface area contributed by atoms with Gasteiger partial charge >= 0.3 is 0 Å². The third-order valence-electron chi connectivity index (χ3n) is 2.30. The van der Waals surface area contributed by atoms with Crippen molar-refractivity contribution in [2.24, 2.45) is 0 Å². The van der Waals surface area contributed by atoms with Crippen LogP contribution in [0.2, 0.25) is 0 Å². The van der Waals surface area contributed by atoms with Crippen LogP contribution < -0.4 is 5.32 Å².